The van der Waals surface area contributed by atoms with Crippen molar-refractivity contribution in [2.45, 2.75) is 63.7 Å². The van der Waals surface area contributed by atoms with Gasteiger partial charge in [0.25, 0.3) is 0 Å². The molecule has 24 heavy (non-hydrogen) atoms. The monoisotopic (exact) mass is 446 g/mol. The molecule has 0 aromatic heterocycles. The standard InChI is InChI=1S/C16H38O2S4Si2/c1-5-17-9-7-11-23-15(3)13-19-21-22-20-14-16(4)24-12-8-10-18-6-2/h15-16H,5-14,23-24H2,1-4H3. The molecule has 8 heteroatoms. The van der Waals surface area contributed by atoms with Crippen molar-refractivity contribution < 1.29 is 9.47 Å². The Kier molecular flexibility index (Phi) is 22.6. The molecular weight excluding hydrogens is 409 g/mol. The van der Waals surface area contributed by atoms with Gasteiger partial charge in [0, 0.05) is 57.0 Å². The maximum atomic E-state index is 5.41. The van der Waals surface area contributed by atoms with Crippen molar-refractivity contribution in [2.75, 3.05) is 37.9 Å². The van der Waals surface area contributed by atoms with Gasteiger partial charge in [0.1, 0.15) is 0 Å². The Morgan fingerprint density at radius 1 is 0.750 bits per heavy atom. The summed E-state index contributed by atoms with van der Waals surface area (Å²) in [6.45, 7) is 12.7. The molecule has 0 aliphatic rings. The van der Waals surface area contributed by atoms with Crippen molar-refractivity contribution in [3.8, 4) is 0 Å². The minimum Gasteiger partial charge on any atom is -0.382 e. The van der Waals surface area contributed by atoms with Gasteiger partial charge in [0.15, 0.2) is 0 Å². The molecule has 2 nitrogen and oxygen atoms in total. The molecule has 0 saturated carbocycles. The average molecular weight is 447 g/mol. The van der Waals surface area contributed by atoms with Crippen LogP contribution in [0.2, 0.25) is 23.2 Å². The second-order valence-electron chi connectivity index (χ2n) is 6.30. The summed E-state index contributed by atoms with van der Waals surface area (Å²) in [7, 11) is 8.33. The molecule has 2 unspecified atom stereocenters. The molecule has 0 bridgehead atoms. The lowest BCUT2D eigenvalue weighted by molar-refractivity contribution is 0.148. The fourth-order valence-corrected chi connectivity index (χ4v) is 14.1. The van der Waals surface area contributed by atoms with E-state index in [-0.39, 0.29) is 19.0 Å². The van der Waals surface area contributed by atoms with Gasteiger partial charge in [-0.15, -0.1) is 0 Å². The van der Waals surface area contributed by atoms with Gasteiger partial charge in [-0.05, 0) is 57.4 Å². The van der Waals surface area contributed by atoms with Crippen LogP contribution in [-0.4, -0.2) is 57.0 Å². The number of ether oxygens (including phenoxy) is 2. The number of rotatable bonds is 19. The molecule has 0 heterocycles. The Morgan fingerprint density at radius 3 is 1.54 bits per heavy atom. The van der Waals surface area contributed by atoms with Crippen LogP contribution in [0.15, 0.2) is 0 Å². The zero-order valence-corrected chi connectivity index (χ0v) is 22.2. The van der Waals surface area contributed by atoms with Crippen molar-refractivity contribution in [1.29, 1.82) is 0 Å². The van der Waals surface area contributed by atoms with Crippen LogP contribution in [-0.2, 0) is 9.47 Å². The SMILES string of the molecule is CCOCCC[SiH2]C(C)CSSSSCC(C)[SiH2]CCCOCC. The maximum Gasteiger partial charge on any atom is 0.0463 e. The van der Waals surface area contributed by atoms with E-state index in [1.165, 1.54) is 36.4 Å². The first-order valence-corrected chi connectivity index (χ1v) is 18.2. The number of hydrogen-bond donors (Lipinski definition) is 0. The highest BCUT2D eigenvalue weighted by Crippen LogP contribution is 2.45. The molecular formula is C16H38O2S4Si2. The molecule has 0 aromatic rings. The first-order chi connectivity index (χ1) is 11.7. The minimum absolute atomic E-state index is 0.104. The van der Waals surface area contributed by atoms with Gasteiger partial charge in [0.2, 0.25) is 0 Å². The molecule has 0 aliphatic heterocycles. The molecule has 0 amide bonds. The molecule has 0 aliphatic carbocycles. The van der Waals surface area contributed by atoms with E-state index in [0.717, 1.165) is 37.5 Å². The van der Waals surface area contributed by atoms with Gasteiger partial charge in [-0.2, -0.15) is 0 Å². The lowest BCUT2D eigenvalue weighted by Crippen LogP contribution is -2.03. The average Bonchev–Trinajstić information content (AvgIpc) is 2.57. The van der Waals surface area contributed by atoms with Crippen LogP contribution in [0.4, 0.5) is 0 Å². The minimum atomic E-state index is 0.104. The van der Waals surface area contributed by atoms with Crippen LogP contribution < -0.4 is 0 Å². The summed E-state index contributed by atoms with van der Waals surface area (Å²) in [6, 6.07) is 2.89. The summed E-state index contributed by atoms with van der Waals surface area (Å²) < 4.78 is 10.8. The van der Waals surface area contributed by atoms with E-state index in [9.17, 15) is 0 Å². The summed E-state index contributed by atoms with van der Waals surface area (Å²) in [5.74, 6) is 2.67. The van der Waals surface area contributed by atoms with Crippen LogP contribution in [0, 0.1) is 0 Å². The van der Waals surface area contributed by atoms with E-state index in [2.05, 4.69) is 49.3 Å². The van der Waals surface area contributed by atoms with Crippen molar-refractivity contribution in [3.63, 3.8) is 0 Å². The van der Waals surface area contributed by atoms with Crippen molar-refractivity contribution >= 4 is 60.3 Å². The normalized spacial score (nSPS) is 15.0. The Hall–Kier alpha value is 1.75. The van der Waals surface area contributed by atoms with Gasteiger partial charge in [-0.1, -0.05) is 47.5 Å². The van der Waals surface area contributed by atoms with Crippen molar-refractivity contribution in [2.24, 2.45) is 0 Å². The maximum absolute atomic E-state index is 5.41. The third-order valence-electron chi connectivity index (χ3n) is 3.71. The van der Waals surface area contributed by atoms with Crippen LogP contribution >= 0.6 is 41.2 Å². The van der Waals surface area contributed by atoms with E-state index < -0.39 is 0 Å². The fourth-order valence-electron chi connectivity index (χ4n) is 2.18. The Morgan fingerprint density at radius 2 is 1.17 bits per heavy atom. The van der Waals surface area contributed by atoms with Gasteiger partial charge in [-0.3, -0.25) is 0 Å². The van der Waals surface area contributed by atoms with E-state index >= 15 is 0 Å². The van der Waals surface area contributed by atoms with Gasteiger partial charge in [-0.25, -0.2) is 0 Å². The highest BCUT2D eigenvalue weighted by atomic mass is 33.7. The second kappa shape index (κ2) is 21.1. The third-order valence-corrected chi connectivity index (χ3v) is 15.9. The molecule has 0 N–H and O–H groups in total. The predicted octanol–water partition coefficient (Wildman–Crippen LogP) is 5.31. The quantitative estimate of drug-likeness (QED) is 0.151. The van der Waals surface area contributed by atoms with Gasteiger partial charge < -0.3 is 9.47 Å². The van der Waals surface area contributed by atoms with Crippen LogP contribution in [0.1, 0.15) is 40.5 Å². The molecule has 0 radical (unpaired) electrons. The van der Waals surface area contributed by atoms with E-state index in [0.29, 0.717) is 0 Å². The van der Waals surface area contributed by atoms with Gasteiger partial charge in [0.05, 0.1) is 0 Å². The summed E-state index contributed by atoms with van der Waals surface area (Å²) in [6.07, 6.45) is 2.55. The molecule has 0 fully saturated rings. The highest BCUT2D eigenvalue weighted by Gasteiger charge is 2.06. The highest BCUT2D eigenvalue weighted by molar-refractivity contribution is 9.26. The Bertz CT molecular complexity index is 230. The largest absolute Gasteiger partial charge is 0.382 e. The Balaban J connectivity index is 3.25. The smallest absolute Gasteiger partial charge is 0.0463 e. The predicted molar refractivity (Wildman–Crippen MR) is 128 cm³/mol. The molecule has 0 spiro atoms. The summed E-state index contributed by atoms with van der Waals surface area (Å²) in [5, 5.41) is 0. The summed E-state index contributed by atoms with van der Waals surface area (Å²) in [5.41, 5.74) is 1.93. The lowest BCUT2D eigenvalue weighted by Gasteiger charge is -2.11. The third kappa shape index (κ3) is 20.1. The lowest BCUT2D eigenvalue weighted by atomic mass is 10.5. The molecule has 146 valence electrons. The van der Waals surface area contributed by atoms with E-state index in [1.807, 2.05) is 19.7 Å². The van der Waals surface area contributed by atoms with E-state index in [1.54, 1.807) is 0 Å². The molecule has 2 atom stereocenters. The van der Waals surface area contributed by atoms with Gasteiger partial charge >= 0.3 is 0 Å². The van der Waals surface area contributed by atoms with E-state index in [4.69, 9.17) is 9.47 Å². The molecule has 0 rings (SSSR count). The zero-order valence-electron chi connectivity index (χ0n) is 16.1. The first-order valence-electron chi connectivity index (χ1n) is 9.43. The summed E-state index contributed by atoms with van der Waals surface area (Å²) >= 11 is 0. The molecule has 0 saturated heterocycles. The van der Waals surface area contributed by atoms with Crippen LogP contribution in [0.5, 0.6) is 0 Å². The van der Waals surface area contributed by atoms with Crippen molar-refractivity contribution in [1.82, 2.24) is 0 Å². The topological polar surface area (TPSA) is 18.5 Å². The van der Waals surface area contributed by atoms with Crippen LogP contribution in [0.3, 0.4) is 0 Å². The molecule has 0 aromatic carbocycles. The second-order valence-corrected chi connectivity index (χ2v) is 17.7. The number of hydrogen-bond acceptors (Lipinski definition) is 6. The Labute approximate surface area is 170 Å². The summed E-state index contributed by atoms with van der Waals surface area (Å²) in [4.78, 5) is 0. The van der Waals surface area contributed by atoms with Crippen molar-refractivity contribution in [3.05, 3.63) is 0 Å². The first kappa shape index (κ1) is 25.8. The zero-order chi connectivity index (χ0) is 17.9. The van der Waals surface area contributed by atoms with Crippen LogP contribution in [0.25, 0.3) is 0 Å². The fraction of sp³-hybridized carbons (Fsp3) is 1.00.